The Hall–Kier alpha value is -3.02. The standard InChI is InChI=1S/C27H34FN3O6S/c1-17-14-31(18(2)16-32)26(33)13-20-12-22(29-27(34)19-4-5-19)8-11-24(20)37-25(17)15-30(3)38(35,36)23-9-6-21(28)7-10-23/h6-12,17-19,25,32H,4-5,13-16H2,1-3H3,(H,29,34)/t17-,18-,25-/m0/s1. The molecule has 1 fully saturated rings. The fraction of sp³-hybridized carbons (Fsp3) is 0.481. The van der Waals surface area contributed by atoms with Gasteiger partial charge in [0.2, 0.25) is 21.8 Å². The van der Waals surface area contributed by atoms with Gasteiger partial charge in [0.25, 0.3) is 0 Å². The Balaban J connectivity index is 1.64. The Morgan fingerprint density at radius 2 is 1.92 bits per heavy atom. The van der Waals surface area contributed by atoms with Crippen molar-refractivity contribution in [2.24, 2.45) is 11.8 Å². The molecule has 0 bridgehead atoms. The van der Waals surface area contributed by atoms with Crippen LogP contribution in [0.2, 0.25) is 0 Å². The number of amides is 2. The molecule has 9 nitrogen and oxygen atoms in total. The third kappa shape index (κ3) is 6.33. The van der Waals surface area contributed by atoms with Crippen LogP contribution in [0.25, 0.3) is 0 Å². The van der Waals surface area contributed by atoms with Crippen LogP contribution in [0.15, 0.2) is 47.4 Å². The first-order valence-corrected chi connectivity index (χ1v) is 14.2. The van der Waals surface area contributed by atoms with Crippen LogP contribution in [0.3, 0.4) is 0 Å². The monoisotopic (exact) mass is 547 g/mol. The van der Waals surface area contributed by atoms with Gasteiger partial charge in [0.15, 0.2) is 0 Å². The number of sulfonamides is 1. The van der Waals surface area contributed by atoms with E-state index in [0.29, 0.717) is 17.0 Å². The van der Waals surface area contributed by atoms with Crippen LogP contribution < -0.4 is 10.1 Å². The minimum atomic E-state index is -3.94. The first-order chi connectivity index (χ1) is 18.0. The first kappa shape index (κ1) is 28.0. The minimum Gasteiger partial charge on any atom is -0.488 e. The van der Waals surface area contributed by atoms with Gasteiger partial charge in [-0.2, -0.15) is 4.31 Å². The molecular formula is C27H34FN3O6S. The molecule has 2 aromatic rings. The Kier molecular flexibility index (Phi) is 8.39. The quantitative estimate of drug-likeness (QED) is 0.525. The molecule has 2 amide bonds. The molecule has 1 saturated carbocycles. The van der Waals surface area contributed by atoms with E-state index in [2.05, 4.69) is 5.32 Å². The van der Waals surface area contributed by atoms with Gasteiger partial charge in [-0.1, -0.05) is 6.92 Å². The van der Waals surface area contributed by atoms with Gasteiger partial charge in [-0.15, -0.1) is 0 Å². The Morgan fingerprint density at radius 1 is 1.24 bits per heavy atom. The summed E-state index contributed by atoms with van der Waals surface area (Å²) in [5, 5.41) is 12.7. The van der Waals surface area contributed by atoms with Crippen molar-refractivity contribution in [3.63, 3.8) is 0 Å². The van der Waals surface area contributed by atoms with Crippen LogP contribution in [0.4, 0.5) is 10.1 Å². The molecule has 1 heterocycles. The van der Waals surface area contributed by atoms with E-state index in [-0.39, 0.29) is 54.7 Å². The van der Waals surface area contributed by atoms with Crippen molar-refractivity contribution in [1.29, 1.82) is 0 Å². The summed E-state index contributed by atoms with van der Waals surface area (Å²) in [6, 6.07) is 9.26. The third-order valence-electron chi connectivity index (χ3n) is 7.09. The molecular weight excluding hydrogens is 513 g/mol. The van der Waals surface area contributed by atoms with E-state index in [0.717, 1.165) is 29.3 Å². The highest BCUT2D eigenvalue weighted by molar-refractivity contribution is 7.89. The summed E-state index contributed by atoms with van der Waals surface area (Å²) in [7, 11) is -2.51. The topological polar surface area (TPSA) is 116 Å². The molecule has 0 spiro atoms. The summed E-state index contributed by atoms with van der Waals surface area (Å²) in [5.41, 5.74) is 1.11. The number of hydrogen-bond acceptors (Lipinski definition) is 6. The first-order valence-electron chi connectivity index (χ1n) is 12.7. The molecule has 4 rings (SSSR count). The summed E-state index contributed by atoms with van der Waals surface area (Å²) >= 11 is 0. The number of anilines is 1. The van der Waals surface area contributed by atoms with Crippen LogP contribution in [0, 0.1) is 17.7 Å². The maximum absolute atomic E-state index is 13.4. The molecule has 1 aliphatic heterocycles. The molecule has 0 unspecified atom stereocenters. The third-order valence-corrected chi connectivity index (χ3v) is 8.93. The minimum absolute atomic E-state index is 0.00400. The lowest BCUT2D eigenvalue weighted by Gasteiger charge is -2.33. The number of aliphatic hydroxyl groups excluding tert-OH is 1. The van der Waals surface area contributed by atoms with Gasteiger partial charge in [-0.05, 0) is 62.2 Å². The fourth-order valence-electron chi connectivity index (χ4n) is 4.45. The average Bonchev–Trinajstić information content (AvgIpc) is 3.72. The van der Waals surface area contributed by atoms with Crippen molar-refractivity contribution in [3.05, 3.63) is 53.8 Å². The lowest BCUT2D eigenvalue weighted by atomic mass is 10.0. The molecule has 0 radical (unpaired) electrons. The molecule has 2 aliphatic rings. The normalized spacial score (nSPS) is 21.1. The highest BCUT2D eigenvalue weighted by Crippen LogP contribution is 2.33. The number of rotatable bonds is 8. The van der Waals surface area contributed by atoms with E-state index < -0.39 is 28.0 Å². The second kappa shape index (κ2) is 11.4. The molecule has 2 N–H and O–H groups in total. The zero-order valence-corrected chi connectivity index (χ0v) is 22.6. The van der Waals surface area contributed by atoms with E-state index in [4.69, 9.17) is 4.74 Å². The number of halogens is 1. The molecule has 0 aromatic heterocycles. The number of carbonyl (C=O) groups excluding carboxylic acids is 2. The summed E-state index contributed by atoms with van der Waals surface area (Å²) in [4.78, 5) is 27.1. The summed E-state index contributed by atoms with van der Waals surface area (Å²) in [6.07, 6.45) is 1.07. The van der Waals surface area contributed by atoms with Gasteiger partial charge in [-0.25, -0.2) is 12.8 Å². The van der Waals surface area contributed by atoms with Crippen molar-refractivity contribution in [3.8, 4) is 5.75 Å². The van der Waals surface area contributed by atoms with Crippen molar-refractivity contribution < 1.29 is 32.2 Å². The highest BCUT2D eigenvalue weighted by Gasteiger charge is 2.34. The number of likely N-dealkylation sites (N-methyl/N-ethyl adjacent to an activating group) is 1. The van der Waals surface area contributed by atoms with Crippen LogP contribution in [0.5, 0.6) is 5.75 Å². The van der Waals surface area contributed by atoms with Crippen molar-refractivity contribution >= 4 is 27.5 Å². The van der Waals surface area contributed by atoms with Crippen molar-refractivity contribution in [1.82, 2.24) is 9.21 Å². The molecule has 3 atom stereocenters. The van der Waals surface area contributed by atoms with Crippen LogP contribution in [-0.2, 0) is 26.0 Å². The predicted octanol–water partition coefficient (Wildman–Crippen LogP) is 2.64. The van der Waals surface area contributed by atoms with E-state index in [9.17, 15) is 27.5 Å². The van der Waals surface area contributed by atoms with Gasteiger partial charge < -0.3 is 20.1 Å². The molecule has 11 heteroatoms. The second-order valence-electron chi connectivity index (χ2n) is 10.2. The van der Waals surface area contributed by atoms with E-state index >= 15 is 0 Å². The number of benzene rings is 2. The summed E-state index contributed by atoms with van der Waals surface area (Å²) in [6.45, 7) is 3.59. The number of carbonyl (C=O) groups is 2. The summed E-state index contributed by atoms with van der Waals surface area (Å²) < 4.78 is 47.2. The van der Waals surface area contributed by atoms with Gasteiger partial charge >= 0.3 is 0 Å². The SMILES string of the molecule is C[C@H]1CN([C@@H](C)CO)C(=O)Cc2cc(NC(=O)C3CC3)ccc2O[C@H]1CN(C)S(=O)(=O)c1ccc(F)cc1. The lowest BCUT2D eigenvalue weighted by molar-refractivity contribution is -0.134. The average molecular weight is 548 g/mol. The zero-order valence-electron chi connectivity index (χ0n) is 21.8. The molecule has 0 saturated heterocycles. The van der Waals surface area contributed by atoms with E-state index in [1.165, 1.54) is 19.2 Å². The fourth-order valence-corrected chi connectivity index (χ4v) is 5.64. The number of aliphatic hydroxyl groups is 1. The molecule has 1 aliphatic carbocycles. The van der Waals surface area contributed by atoms with Crippen LogP contribution in [-0.4, -0.2) is 73.4 Å². The largest absolute Gasteiger partial charge is 0.488 e. The van der Waals surface area contributed by atoms with Crippen LogP contribution in [0.1, 0.15) is 32.3 Å². The number of nitrogens with zero attached hydrogens (tertiary/aromatic N) is 2. The van der Waals surface area contributed by atoms with Crippen molar-refractivity contribution in [2.45, 2.75) is 50.2 Å². The van der Waals surface area contributed by atoms with E-state index in [1.54, 1.807) is 30.0 Å². The summed E-state index contributed by atoms with van der Waals surface area (Å²) in [5.74, 6) is -0.670. The number of hydrogen-bond donors (Lipinski definition) is 2. The zero-order chi connectivity index (χ0) is 27.6. The van der Waals surface area contributed by atoms with Gasteiger partial charge in [0.05, 0.1) is 30.5 Å². The molecule has 206 valence electrons. The maximum Gasteiger partial charge on any atom is 0.242 e. The van der Waals surface area contributed by atoms with Gasteiger partial charge in [0.1, 0.15) is 17.7 Å². The van der Waals surface area contributed by atoms with Crippen molar-refractivity contribution in [2.75, 3.05) is 32.1 Å². The Bertz CT molecular complexity index is 1280. The number of ether oxygens (including phenoxy) is 1. The van der Waals surface area contributed by atoms with E-state index in [1.807, 2.05) is 6.92 Å². The van der Waals surface area contributed by atoms with Crippen LogP contribution >= 0.6 is 0 Å². The Labute approximate surface area is 222 Å². The molecule has 38 heavy (non-hydrogen) atoms. The maximum atomic E-state index is 13.4. The lowest BCUT2D eigenvalue weighted by Crippen LogP contribution is -2.48. The smallest absolute Gasteiger partial charge is 0.242 e. The van der Waals surface area contributed by atoms with Gasteiger partial charge in [0, 0.05) is 36.7 Å². The second-order valence-corrected chi connectivity index (χ2v) is 12.3. The predicted molar refractivity (Wildman–Crippen MR) is 140 cm³/mol. The van der Waals surface area contributed by atoms with Gasteiger partial charge in [-0.3, -0.25) is 9.59 Å². The Morgan fingerprint density at radius 3 is 2.55 bits per heavy atom. The highest BCUT2D eigenvalue weighted by atomic mass is 32.2. The number of nitrogens with one attached hydrogen (secondary N) is 1. The molecule has 2 aromatic carbocycles. The number of fused-ring (bicyclic) bond motifs is 1.